The molecule has 0 atom stereocenters. The Morgan fingerprint density at radius 3 is 2.22 bits per heavy atom. The van der Waals surface area contributed by atoms with Crippen molar-refractivity contribution in [2.24, 2.45) is 0 Å². The van der Waals surface area contributed by atoms with Crippen molar-refractivity contribution in [1.29, 1.82) is 0 Å². The molecule has 0 N–H and O–H groups in total. The lowest BCUT2D eigenvalue weighted by molar-refractivity contribution is -0.797. The van der Waals surface area contributed by atoms with Crippen LogP contribution in [0.5, 0.6) is 0 Å². The second-order valence-corrected chi connectivity index (χ2v) is 2.23. The third kappa shape index (κ3) is 3.12. The van der Waals surface area contributed by atoms with E-state index in [-0.39, 0.29) is 0 Å². The van der Waals surface area contributed by atoms with E-state index in [1.54, 1.807) is 7.11 Å². The molecule has 0 aromatic heterocycles. The van der Waals surface area contributed by atoms with Crippen molar-refractivity contribution in [1.82, 2.24) is 0 Å². The summed E-state index contributed by atoms with van der Waals surface area (Å²) >= 11 is 0. The number of nitrogens with zero attached hydrogens (tertiary/aromatic N) is 1. The number of hydrogen-bond acceptors (Lipinski definition) is 1. The van der Waals surface area contributed by atoms with Crippen molar-refractivity contribution >= 4 is 6.21 Å². The van der Waals surface area contributed by atoms with Crippen LogP contribution in [0.3, 0.4) is 0 Å². The van der Waals surface area contributed by atoms with E-state index in [0.29, 0.717) is 6.04 Å². The largest absolute Gasteiger partial charge is 0.280 e. The van der Waals surface area contributed by atoms with Crippen molar-refractivity contribution in [2.45, 2.75) is 33.2 Å². The Bertz CT molecular complexity index is 97.1. The fraction of sp³-hybridized carbons (Fsp3) is 0.857. The Morgan fingerprint density at radius 1 is 1.56 bits per heavy atom. The average Bonchev–Trinajstić information content (AvgIpc) is 1.82. The van der Waals surface area contributed by atoms with Crippen LogP contribution < -0.4 is 0 Å². The number of hydrogen-bond donors (Lipinski definition) is 0. The molecular weight excluding hydrogens is 114 g/mol. The second kappa shape index (κ2) is 4.36. The first-order chi connectivity index (χ1) is 4.22. The second-order valence-electron chi connectivity index (χ2n) is 2.23. The average molecular weight is 130 g/mol. The molecule has 0 heterocycles. The van der Waals surface area contributed by atoms with Crippen LogP contribution in [0.2, 0.25) is 0 Å². The maximum absolute atomic E-state index is 5.03. The molecule has 0 aromatic rings. The molecule has 54 valence electrons. The van der Waals surface area contributed by atoms with E-state index >= 15 is 0 Å². The van der Waals surface area contributed by atoms with E-state index in [4.69, 9.17) is 4.84 Å². The van der Waals surface area contributed by atoms with Gasteiger partial charge in [0.25, 0.3) is 0 Å². The molecule has 2 nitrogen and oxygen atoms in total. The molecule has 0 saturated heterocycles. The van der Waals surface area contributed by atoms with Crippen molar-refractivity contribution < 1.29 is 9.58 Å². The van der Waals surface area contributed by atoms with Gasteiger partial charge in [0, 0.05) is 20.3 Å². The van der Waals surface area contributed by atoms with Gasteiger partial charge in [-0.2, -0.15) is 0 Å². The van der Waals surface area contributed by atoms with Gasteiger partial charge in [0.1, 0.15) is 7.11 Å². The van der Waals surface area contributed by atoms with Crippen LogP contribution in [-0.4, -0.2) is 24.1 Å². The minimum absolute atomic E-state index is 0.440. The minimum Gasteiger partial charge on any atom is -0.280 e. The highest BCUT2D eigenvalue weighted by molar-refractivity contribution is 5.50. The van der Waals surface area contributed by atoms with Gasteiger partial charge in [0.2, 0.25) is 0 Å². The SMILES string of the molecule is CC/C=[N+](/OC)C(C)C. The number of hydroxylamine groups is 1. The molecule has 0 aliphatic rings. The van der Waals surface area contributed by atoms with E-state index < -0.39 is 0 Å². The molecule has 0 spiro atoms. The zero-order valence-corrected chi connectivity index (χ0v) is 6.72. The summed E-state index contributed by atoms with van der Waals surface area (Å²) in [6, 6.07) is 0.440. The van der Waals surface area contributed by atoms with Gasteiger partial charge in [-0.3, -0.25) is 4.84 Å². The maximum Gasteiger partial charge on any atom is 0.196 e. The Morgan fingerprint density at radius 2 is 2.11 bits per heavy atom. The van der Waals surface area contributed by atoms with Gasteiger partial charge in [-0.15, -0.1) is 0 Å². The third-order valence-corrected chi connectivity index (χ3v) is 1.08. The molecule has 2 heteroatoms. The van der Waals surface area contributed by atoms with Gasteiger partial charge in [-0.05, 0) is 4.74 Å². The first-order valence-electron chi connectivity index (χ1n) is 3.38. The van der Waals surface area contributed by atoms with E-state index in [1.807, 2.05) is 11.0 Å². The molecule has 0 aliphatic heterocycles. The van der Waals surface area contributed by atoms with Crippen LogP contribution in [0.15, 0.2) is 0 Å². The van der Waals surface area contributed by atoms with Crippen LogP contribution in [0.25, 0.3) is 0 Å². The zero-order chi connectivity index (χ0) is 7.28. The lowest BCUT2D eigenvalue weighted by Crippen LogP contribution is -2.19. The van der Waals surface area contributed by atoms with Gasteiger partial charge in [-0.25, -0.2) is 0 Å². The molecule has 0 bridgehead atoms. The highest BCUT2D eigenvalue weighted by Gasteiger charge is 2.06. The Kier molecular flexibility index (Phi) is 4.10. The Labute approximate surface area is 57.1 Å². The third-order valence-electron chi connectivity index (χ3n) is 1.08. The molecule has 0 aliphatic carbocycles. The molecule has 0 fully saturated rings. The van der Waals surface area contributed by atoms with Crippen molar-refractivity contribution in [3.63, 3.8) is 0 Å². The van der Waals surface area contributed by atoms with Gasteiger partial charge in [0.15, 0.2) is 12.3 Å². The van der Waals surface area contributed by atoms with Gasteiger partial charge < -0.3 is 0 Å². The van der Waals surface area contributed by atoms with Crippen LogP contribution in [-0.2, 0) is 4.84 Å². The molecule has 0 aromatic carbocycles. The molecular formula is C7H16NO+. The standard InChI is InChI=1S/C7H16NO/c1-5-6-8(9-4)7(2)3/h6-7H,5H2,1-4H3/q+1/b8-6+. The predicted octanol–water partition coefficient (Wildman–Crippen LogP) is 1.45. The van der Waals surface area contributed by atoms with Gasteiger partial charge in [-0.1, -0.05) is 6.92 Å². The molecule has 0 unspecified atom stereocenters. The fourth-order valence-corrected chi connectivity index (χ4v) is 0.676. The smallest absolute Gasteiger partial charge is 0.196 e. The maximum atomic E-state index is 5.03. The van der Waals surface area contributed by atoms with Crippen LogP contribution >= 0.6 is 0 Å². The van der Waals surface area contributed by atoms with E-state index in [0.717, 1.165) is 6.42 Å². The van der Waals surface area contributed by atoms with Crippen molar-refractivity contribution in [3.8, 4) is 0 Å². The molecule has 0 amide bonds. The van der Waals surface area contributed by atoms with Gasteiger partial charge >= 0.3 is 0 Å². The van der Waals surface area contributed by atoms with Crippen molar-refractivity contribution in [3.05, 3.63) is 0 Å². The zero-order valence-electron chi connectivity index (χ0n) is 6.72. The molecule has 0 rings (SSSR count). The topological polar surface area (TPSA) is 12.2 Å². The molecule has 9 heavy (non-hydrogen) atoms. The van der Waals surface area contributed by atoms with Gasteiger partial charge in [0.05, 0.1) is 0 Å². The van der Waals surface area contributed by atoms with E-state index in [9.17, 15) is 0 Å². The normalized spacial score (nSPS) is 12.3. The lowest BCUT2D eigenvalue weighted by atomic mass is 10.4. The molecule has 0 radical (unpaired) electrons. The highest BCUT2D eigenvalue weighted by Crippen LogP contribution is 1.87. The predicted molar refractivity (Wildman–Crippen MR) is 38.8 cm³/mol. The first-order valence-corrected chi connectivity index (χ1v) is 3.38. The molecule has 0 saturated carbocycles. The van der Waals surface area contributed by atoms with Crippen LogP contribution in [0.1, 0.15) is 27.2 Å². The monoisotopic (exact) mass is 130 g/mol. The Hall–Kier alpha value is -0.530. The van der Waals surface area contributed by atoms with E-state index in [1.165, 1.54) is 0 Å². The number of rotatable bonds is 3. The van der Waals surface area contributed by atoms with Crippen molar-refractivity contribution in [2.75, 3.05) is 7.11 Å². The first kappa shape index (κ1) is 8.47. The summed E-state index contributed by atoms with van der Waals surface area (Å²) in [5, 5.41) is 0. The lowest BCUT2D eigenvalue weighted by Gasteiger charge is -2.00. The minimum atomic E-state index is 0.440. The summed E-state index contributed by atoms with van der Waals surface area (Å²) in [6.07, 6.45) is 3.05. The summed E-state index contributed by atoms with van der Waals surface area (Å²) in [5.41, 5.74) is 0. The Balaban J connectivity index is 3.81. The summed E-state index contributed by atoms with van der Waals surface area (Å²) < 4.78 is 1.85. The van der Waals surface area contributed by atoms with Crippen LogP contribution in [0, 0.1) is 0 Å². The summed E-state index contributed by atoms with van der Waals surface area (Å²) in [7, 11) is 1.69. The van der Waals surface area contributed by atoms with Crippen LogP contribution in [0.4, 0.5) is 0 Å². The van der Waals surface area contributed by atoms with E-state index in [2.05, 4.69) is 20.8 Å². The summed E-state index contributed by atoms with van der Waals surface area (Å²) in [5.74, 6) is 0. The quantitative estimate of drug-likeness (QED) is 0.320. The highest BCUT2D eigenvalue weighted by atomic mass is 16.7. The summed E-state index contributed by atoms with van der Waals surface area (Å²) in [6.45, 7) is 6.28. The summed E-state index contributed by atoms with van der Waals surface area (Å²) in [4.78, 5) is 5.03. The fourth-order valence-electron chi connectivity index (χ4n) is 0.676.